The zero-order valence-corrected chi connectivity index (χ0v) is 9.19. The molecule has 0 fully saturated rings. The summed E-state index contributed by atoms with van der Waals surface area (Å²) < 4.78 is 5.63. The topological polar surface area (TPSA) is 38.7 Å². The van der Waals surface area contributed by atoms with E-state index in [9.17, 15) is 4.79 Å². The number of rotatable bonds is 6. The van der Waals surface area contributed by atoms with Gasteiger partial charge >= 0.3 is 0 Å². The second-order valence-corrected chi connectivity index (χ2v) is 5.48. The van der Waals surface area contributed by atoms with Crippen LogP contribution in [0, 0.1) is 0 Å². The highest BCUT2D eigenvalue weighted by Crippen LogP contribution is 2.03. The van der Waals surface area contributed by atoms with Crippen LogP contribution in [-0.4, -0.2) is 27.8 Å². The normalized spacial score (nSPS) is 12.7. The molecule has 0 saturated heterocycles. The Balaban J connectivity index is 3.30. The van der Waals surface area contributed by atoms with Gasteiger partial charge in [0.2, 0.25) is 6.08 Å². The molecule has 0 saturated carbocycles. The van der Waals surface area contributed by atoms with Crippen LogP contribution in [0.4, 0.5) is 0 Å². The van der Waals surface area contributed by atoms with Crippen LogP contribution in [0.25, 0.3) is 0 Å². The van der Waals surface area contributed by atoms with Crippen molar-refractivity contribution in [2.45, 2.75) is 39.0 Å². The maximum Gasteiger partial charge on any atom is 0.234 e. The van der Waals surface area contributed by atoms with E-state index in [0.29, 0.717) is 12.6 Å². The molecule has 3 nitrogen and oxygen atoms in total. The second-order valence-electron chi connectivity index (χ2n) is 3.11. The Hall–Kier alpha value is -0.443. The van der Waals surface area contributed by atoms with Gasteiger partial charge < -0.3 is 4.43 Å². The van der Waals surface area contributed by atoms with Gasteiger partial charge in [-0.3, -0.25) is 0 Å². The summed E-state index contributed by atoms with van der Waals surface area (Å²) in [5, 5.41) is 0. The molecule has 0 aromatic rings. The average Bonchev–Trinajstić information content (AvgIpc) is 1.97. The number of hydrogen-bond acceptors (Lipinski definition) is 3. The molecule has 12 heavy (non-hydrogen) atoms. The molecule has 70 valence electrons. The van der Waals surface area contributed by atoms with Gasteiger partial charge in [0.25, 0.3) is 0 Å². The van der Waals surface area contributed by atoms with Crippen molar-refractivity contribution in [2.75, 3.05) is 6.54 Å². The van der Waals surface area contributed by atoms with Crippen molar-refractivity contribution in [2.24, 2.45) is 4.99 Å². The maximum atomic E-state index is 9.71. The summed E-state index contributed by atoms with van der Waals surface area (Å²) >= 11 is 0. The SMILES string of the molecule is CC(CCCN=C=O)O[SiH](C)C. The highest BCUT2D eigenvalue weighted by molar-refractivity contribution is 6.48. The van der Waals surface area contributed by atoms with Crippen molar-refractivity contribution in [1.29, 1.82) is 0 Å². The summed E-state index contributed by atoms with van der Waals surface area (Å²) in [6.45, 7) is 6.95. The first-order valence-corrected chi connectivity index (χ1v) is 7.14. The Kier molecular flexibility index (Phi) is 6.95. The smallest absolute Gasteiger partial charge is 0.234 e. The minimum Gasteiger partial charge on any atom is -0.418 e. The number of hydrogen-bond donors (Lipinski definition) is 0. The molecule has 0 aliphatic rings. The molecule has 4 heteroatoms. The number of isocyanates is 1. The molecule has 1 atom stereocenters. The Morgan fingerprint density at radius 1 is 1.58 bits per heavy atom. The molecule has 0 heterocycles. The summed E-state index contributed by atoms with van der Waals surface area (Å²) in [5.74, 6) is 0. The van der Waals surface area contributed by atoms with Gasteiger partial charge in [-0.25, -0.2) is 9.79 Å². The summed E-state index contributed by atoms with van der Waals surface area (Å²) in [6.07, 6.45) is 3.74. The summed E-state index contributed by atoms with van der Waals surface area (Å²) in [7, 11) is -0.895. The molecule has 0 bridgehead atoms. The van der Waals surface area contributed by atoms with Crippen molar-refractivity contribution in [3.05, 3.63) is 0 Å². The van der Waals surface area contributed by atoms with E-state index < -0.39 is 9.04 Å². The van der Waals surface area contributed by atoms with Crippen LogP contribution in [-0.2, 0) is 9.22 Å². The predicted octanol–water partition coefficient (Wildman–Crippen LogP) is 1.49. The second kappa shape index (κ2) is 7.22. The largest absolute Gasteiger partial charge is 0.418 e. The van der Waals surface area contributed by atoms with Gasteiger partial charge in [-0.1, -0.05) is 0 Å². The predicted molar refractivity (Wildman–Crippen MR) is 51.6 cm³/mol. The first-order chi connectivity index (χ1) is 5.66. The van der Waals surface area contributed by atoms with Gasteiger partial charge in [-0.05, 0) is 32.9 Å². The lowest BCUT2D eigenvalue weighted by Crippen LogP contribution is -2.17. The highest BCUT2D eigenvalue weighted by Gasteiger charge is 2.04. The van der Waals surface area contributed by atoms with Crippen molar-refractivity contribution in [3.8, 4) is 0 Å². The third-order valence-electron chi connectivity index (χ3n) is 1.45. The lowest BCUT2D eigenvalue weighted by Gasteiger charge is -2.14. The quantitative estimate of drug-likeness (QED) is 0.273. The molecular weight excluding hydrogens is 170 g/mol. The Bertz CT molecular complexity index is 155. The van der Waals surface area contributed by atoms with Crippen molar-refractivity contribution in [3.63, 3.8) is 0 Å². The molecule has 0 aromatic heterocycles. The maximum absolute atomic E-state index is 9.71. The van der Waals surface area contributed by atoms with Crippen molar-refractivity contribution < 1.29 is 9.22 Å². The van der Waals surface area contributed by atoms with E-state index in [2.05, 4.69) is 25.0 Å². The highest BCUT2D eigenvalue weighted by atomic mass is 28.3. The molecular formula is C8H17NO2Si. The van der Waals surface area contributed by atoms with Gasteiger partial charge in [0, 0.05) is 6.10 Å². The number of aliphatic imine (C=N–C) groups is 1. The average molecular weight is 187 g/mol. The first kappa shape index (κ1) is 11.6. The fraction of sp³-hybridized carbons (Fsp3) is 0.875. The van der Waals surface area contributed by atoms with Gasteiger partial charge in [0.05, 0.1) is 6.54 Å². The fourth-order valence-electron chi connectivity index (χ4n) is 1.04. The lowest BCUT2D eigenvalue weighted by atomic mass is 10.2. The molecule has 0 aliphatic carbocycles. The lowest BCUT2D eigenvalue weighted by molar-refractivity contribution is 0.212. The van der Waals surface area contributed by atoms with Gasteiger partial charge in [-0.15, -0.1) is 0 Å². The molecule has 1 unspecified atom stereocenters. The summed E-state index contributed by atoms with van der Waals surface area (Å²) in [5.41, 5.74) is 0. The standard InChI is InChI=1S/C8H17NO2Si/c1-8(11-12(2)3)5-4-6-9-7-10/h8,12H,4-6H2,1-3H3. The minimum absolute atomic E-state index is 0.318. The van der Waals surface area contributed by atoms with E-state index in [0.717, 1.165) is 12.8 Å². The third kappa shape index (κ3) is 7.66. The monoisotopic (exact) mass is 187 g/mol. The molecule has 0 radical (unpaired) electrons. The van der Waals surface area contributed by atoms with E-state index in [1.807, 2.05) is 0 Å². The molecule has 0 spiro atoms. The van der Waals surface area contributed by atoms with Crippen LogP contribution in [0.1, 0.15) is 19.8 Å². The van der Waals surface area contributed by atoms with Gasteiger partial charge in [0.1, 0.15) is 0 Å². The van der Waals surface area contributed by atoms with E-state index in [-0.39, 0.29) is 0 Å². The third-order valence-corrected chi connectivity index (χ3v) is 2.46. The van der Waals surface area contributed by atoms with Crippen molar-refractivity contribution >= 4 is 15.1 Å². The van der Waals surface area contributed by atoms with E-state index in [4.69, 9.17) is 4.43 Å². The summed E-state index contributed by atoms with van der Waals surface area (Å²) in [4.78, 5) is 13.2. The first-order valence-electron chi connectivity index (χ1n) is 4.36. The fourth-order valence-corrected chi connectivity index (χ4v) is 2.10. The van der Waals surface area contributed by atoms with E-state index >= 15 is 0 Å². The van der Waals surface area contributed by atoms with Crippen LogP contribution >= 0.6 is 0 Å². The van der Waals surface area contributed by atoms with E-state index in [1.54, 1.807) is 0 Å². The summed E-state index contributed by atoms with van der Waals surface area (Å²) in [6, 6.07) is 0. The number of nitrogens with zero attached hydrogens (tertiary/aromatic N) is 1. The molecule has 0 aliphatic heterocycles. The molecule has 0 amide bonds. The minimum atomic E-state index is -0.895. The molecule has 0 rings (SSSR count). The van der Waals surface area contributed by atoms with Gasteiger partial charge in [0.15, 0.2) is 9.04 Å². The van der Waals surface area contributed by atoms with Crippen LogP contribution in [0.3, 0.4) is 0 Å². The Morgan fingerprint density at radius 2 is 2.25 bits per heavy atom. The van der Waals surface area contributed by atoms with Crippen LogP contribution in [0.2, 0.25) is 13.1 Å². The Morgan fingerprint density at radius 3 is 2.75 bits per heavy atom. The van der Waals surface area contributed by atoms with Crippen LogP contribution in [0.15, 0.2) is 4.99 Å². The number of carbonyl (C=O) groups excluding carboxylic acids is 1. The zero-order valence-electron chi connectivity index (χ0n) is 8.04. The Labute approximate surface area is 75.6 Å². The van der Waals surface area contributed by atoms with E-state index in [1.165, 1.54) is 6.08 Å². The van der Waals surface area contributed by atoms with Gasteiger partial charge in [-0.2, -0.15) is 0 Å². The molecule has 0 aromatic carbocycles. The van der Waals surface area contributed by atoms with Crippen LogP contribution in [0.5, 0.6) is 0 Å². The van der Waals surface area contributed by atoms with Crippen LogP contribution < -0.4 is 0 Å². The zero-order chi connectivity index (χ0) is 9.40. The van der Waals surface area contributed by atoms with Crippen molar-refractivity contribution in [1.82, 2.24) is 0 Å². The molecule has 0 N–H and O–H groups in total.